The van der Waals surface area contributed by atoms with E-state index in [1.54, 1.807) is 50.2 Å². The third-order valence-corrected chi connectivity index (χ3v) is 4.86. The molecule has 1 aromatic heterocycles. The van der Waals surface area contributed by atoms with Crippen LogP contribution in [0.15, 0.2) is 47.3 Å². The van der Waals surface area contributed by atoms with Gasteiger partial charge in [-0.2, -0.15) is 5.10 Å². The van der Waals surface area contributed by atoms with Crippen molar-refractivity contribution in [1.82, 2.24) is 9.78 Å². The molecule has 144 valence electrons. The van der Waals surface area contributed by atoms with Gasteiger partial charge in [-0.25, -0.2) is 4.68 Å². The number of aromatic nitrogens is 2. The molecule has 0 unspecified atom stereocenters. The van der Waals surface area contributed by atoms with Gasteiger partial charge >= 0.3 is 0 Å². The molecule has 0 saturated carbocycles. The van der Waals surface area contributed by atoms with Crippen LogP contribution in [0.4, 0.5) is 5.69 Å². The number of benzene rings is 2. The number of nitrogens with one attached hydrogen (secondary N) is 1. The number of anilines is 1. The van der Waals surface area contributed by atoms with Crippen molar-refractivity contribution in [3.05, 3.63) is 79.7 Å². The van der Waals surface area contributed by atoms with E-state index in [2.05, 4.69) is 10.4 Å². The maximum Gasteiger partial charge on any atom is 0.280 e. The Hall–Kier alpha value is -2.83. The van der Waals surface area contributed by atoms with Crippen LogP contribution < -0.4 is 15.5 Å². The lowest BCUT2D eigenvalue weighted by atomic mass is 10.2. The molecule has 1 amide bonds. The normalized spacial score (nSPS) is 10.6. The Bertz CT molecular complexity index is 1130. The molecular formula is C20H17Cl2N3O3. The Morgan fingerprint density at radius 3 is 2.50 bits per heavy atom. The molecule has 6 nitrogen and oxygen atoms in total. The number of hydrogen-bond acceptors (Lipinski definition) is 4. The summed E-state index contributed by atoms with van der Waals surface area (Å²) in [4.78, 5) is 25.2. The number of para-hydroxylation sites is 1. The fourth-order valence-electron chi connectivity index (χ4n) is 2.68. The molecule has 3 aromatic rings. The van der Waals surface area contributed by atoms with Gasteiger partial charge < -0.3 is 10.1 Å². The molecule has 0 radical (unpaired) electrons. The summed E-state index contributed by atoms with van der Waals surface area (Å²) in [6.07, 6.45) is 0. The van der Waals surface area contributed by atoms with Crippen LogP contribution in [0.2, 0.25) is 10.0 Å². The minimum Gasteiger partial charge on any atom is -0.495 e. The van der Waals surface area contributed by atoms with Crippen LogP contribution in [0, 0.1) is 13.8 Å². The first kappa shape index (κ1) is 19.9. The monoisotopic (exact) mass is 417 g/mol. The van der Waals surface area contributed by atoms with Gasteiger partial charge in [0, 0.05) is 22.8 Å². The van der Waals surface area contributed by atoms with Gasteiger partial charge in [0.1, 0.15) is 5.75 Å². The number of methoxy groups -OCH3 is 1. The van der Waals surface area contributed by atoms with E-state index in [-0.39, 0.29) is 5.69 Å². The maximum absolute atomic E-state index is 12.8. The second kappa shape index (κ2) is 8.04. The predicted octanol–water partition coefficient (Wildman–Crippen LogP) is 4.42. The molecule has 0 aliphatic rings. The minimum atomic E-state index is -0.661. The van der Waals surface area contributed by atoms with Crippen molar-refractivity contribution in [2.75, 3.05) is 12.4 Å². The molecule has 28 heavy (non-hydrogen) atoms. The first-order chi connectivity index (χ1) is 13.3. The van der Waals surface area contributed by atoms with E-state index in [0.717, 1.165) is 5.56 Å². The smallest absolute Gasteiger partial charge is 0.280 e. The fraction of sp³-hybridized carbons (Fsp3) is 0.150. The van der Waals surface area contributed by atoms with Crippen molar-refractivity contribution < 1.29 is 9.53 Å². The molecule has 0 fully saturated rings. The lowest BCUT2D eigenvalue weighted by molar-refractivity contribution is 0.101. The number of rotatable bonds is 4. The second-order valence-electron chi connectivity index (χ2n) is 6.12. The van der Waals surface area contributed by atoms with Crippen molar-refractivity contribution >= 4 is 34.8 Å². The number of ether oxygens (including phenoxy) is 1. The van der Waals surface area contributed by atoms with E-state index in [1.165, 1.54) is 17.9 Å². The number of carbonyl (C=O) groups is 1. The second-order valence-corrected chi connectivity index (χ2v) is 6.93. The number of hydrogen-bond donors (Lipinski definition) is 1. The molecule has 0 bridgehead atoms. The first-order valence-electron chi connectivity index (χ1n) is 8.33. The Morgan fingerprint density at radius 2 is 1.82 bits per heavy atom. The molecule has 8 heteroatoms. The number of amides is 1. The van der Waals surface area contributed by atoms with E-state index in [1.807, 2.05) is 0 Å². The third-order valence-electron chi connectivity index (χ3n) is 4.13. The summed E-state index contributed by atoms with van der Waals surface area (Å²) in [6, 6.07) is 11.6. The molecule has 0 saturated heterocycles. The molecule has 3 rings (SSSR count). The van der Waals surface area contributed by atoms with Crippen LogP contribution in [-0.4, -0.2) is 22.8 Å². The van der Waals surface area contributed by atoms with Gasteiger partial charge in [-0.1, -0.05) is 35.3 Å². The van der Waals surface area contributed by atoms with Crippen LogP contribution in [0.5, 0.6) is 5.75 Å². The lowest BCUT2D eigenvalue weighted by Crippen LogP contribution is -2.27. The van der Waals surface area contributed by atoms with Gasteiger partial charge in [-0.15, -0.1) is 0 Å². The summed E-state index contributed by atoms with van der Waals surface area (Å²) in [5.41, 5.74) is 1.50. The average Bonchev–Trinajstić information content (AvgIpc) is 2.65. The quantitative estimate of drug-likeness (QED) is 0.681. The van der Waals surface area contributed by atoms with Gasteiger partial charge in [0.25, 0.3) is 5.91 Å². The Labute approximate surface area is 171 Å². The zero-order valence-corrected chi connectivity index (χ0v) is 16.9. The highest BCUT2D eigenvalue weighted by atomic mass is 35.5. The molecule has 0 aliphatic heterocycles. The van der Waals surface area contributed by atoms with Gasteiger partial charge in [-0.3, -0.25) is 9.59 Å². The largest absolute Gasteiger partial charge is 0.495 e. The standard InChI is InChI=1S/C20H17Cl2N3O3/c1-11-8-15(18(28-3)10-14(11)22)23-20(27)19-17(26)9-12(2)25(24-19)16-7-5-4-6-13(16)21/h4-10H,1-3H3,(H,23,27). The summed E-state index contributed by atoms with van der Waals surface area (Å²) in [5, 5.41) is 7.85. The zero-order valence-electron chi connectivity index (χ0n) is 15.4. The summed E-state index contributed by atoms with van der Waals surface area (Å²) in [6.45, 7) is 3.51. The number of carbonyl (C=O) groups excluding carboxylic acids is 1. The van der Waals surface area contributed by atoms with E-state index in [9.17, 15) is 9.59 Å². The molecular weight excluding hydrogens is 401 g/mol. The van der Waals surface area contributed by atoms with E-state index >= 15 is 0 Å². The van der Waals surface area contributed by atoms with Crippen molar-refractivity contribution in [3.8, 4) is 11.4 Å². The summed E-state index contributed by atoms with van der Waals surface area (Å²) < 4.78 is 6.72. The Balaban J connectivity index is 2.04. The highest BCUT2D eigenvalue weighted by Crippen LogP contribution is 2.31. The summed E-state index contributed by atoms with van der Waals surface area (Å²) in [5.74, 6) is -0.284. The molecule has 0 spiro atoms. The third kappa shape index (κ3) is 3.88. The first-order valence-corrected chi connectivity index (χ1v) is 9.08. The van der Waals surface area contributed by atoms with Gasteiger partial charge in [0.05, 0.1) is 23.5 Å². The van der Waals surface area contributed by atoms with E-state index < -0.39 is 11.3 Å². The Kier molecular flexibility index (Phi) is 5.72. The van der Waals surface area contributed by atoms with E-state index in [0.29, 0.717) is 32.9 Å². The molecule has 1 N–H and O–H groups in total. The molecule has 1 heterocycles. The van der Waals surface area contributed by atoms with Gasteiger partial charge in [0.2, 0.25) is 5.43 Å². The molecule has 0 atom stereocenters. The predicted molar refractivity (Wildman–Crippen MR) is 110 cm³/mol. The minimum absolute atomic E-state index is 0.264. The fourth-order valence-corrected chi connectivity index (χ4v) is 3.05. The number of aryl methyl sites for hydroxylation is 2. The summed E-state index contributed by atoms with van der Waals surface area (Å²) >= 11 is 12.3. The Morgan fingerprint density at radius 1 is 1.11 bits per heavy atom. The lowest BCUT2D eigenvalue weighted by Gasteiger charge is -2.14. The van der Waals surface area contributed by atoms with Crippen molar-refractivity contribution in [2.45, 2.75) is 13.8 Å². The van der Waals surface area contributed by atoms with Crippen molar-refractivity contribution in [2.24, 2.45) is 0 Å². The van der Waals surface area contributed by atoms with Gasteiger partial charge in [-0.05, 0) is 37.6 Å². The van der Waals surface area contributed by atoms with Gasteiger partial charge in [0.15, 0.2) is 5.69 Å². The van der Waals surface area contributed by atoms with Crippen LogP contribution in [0.3, 0.4) is 0 Å². The number of halogens is 2. The molecule has 0 aliphatic carbocycles. The van der Waals surface area contributed by atoms with Crippen LogP contribution >= 0.6 is 23.2 Å². The highest BCUT2D eigenvalue weighted by molar-refractivity contribution is 6.32. The van der Waals surface area contributed by atoms with Crippen molar-refractivity contribution in [3.63, 3.8) is 0 Å². The van der Waals surface area contributed by atoms with Crippen LogP contribution in [0.25, 0.3) is 5.69 Å². The highest BCUT2D eigenvalue weighted by Gasteiger charge is 2.18. The van der Waals surface area contributed by atoms with Crippen molar-refractivity contribution in [1.29, 1.82) is 0 Å². The topological polar surface area (TPSA) is 73.2 Å². The SMILES string of the molecule is COc1cc(Cl)c(C)cc1NC(=O)c1nn(-c2ccccc2Cl)c(C)cc1=O. The summed E-state index contributed by atoms with van der Waals surface area (Å²) in [7, 11) is 1.46. The van der Waals surface area contributed by atoms with E-state index in [4.69, 9.17) is 27.9 Å². The van der Waals surface area contributed by atoms with Crippen LogP contribution in [0.1, 0.15) is 21.7 Å². The maximum atomic E-state index is 12.8. The van der Waals surface area contributed by atoms with Crippen LogP contribution in [-0.2, 0) is 0 Å². The number of nitrogens with zero attached hydrogens (tertiary/aromatic N) is 2. The zero-order chi connectivity index (χ0) is 20.4. The molecule has 2 aromatic carbocycles. The average molecular weight is 418 g/mol.